The Kier molecular flexibility index (Phi) is 4.10. The first-order chi connectivity index (χ1) is 7.07. The molecular formula is C11H19N3O. The number of nitriles is 1. The van der Waals surface area contributed by atoms with Crippen molar-refractivity contribution in [3.05, 3.63) is 0 Å². The van der Waals surface area contributed by atoms with Crippen LogP contribution in [0.4, 0.5) is 0 Å². The summed E-state index contributed by atoms with van der Waals surface area (Å²) in [4.78, 5) is 13.8. The van der Waals surface area contributed by atoms with E-state index in [1.807, 2.05) is 6.92 Å². The highest BCUT2D eigenvalue weighted by molar-refractivity contribution is 5.79. The first kappa shape index (κ1) is 12.0. The van der Waals surface area contributed by atoms with E-state index in [0.29, 0.717) is 12.3 Å². The fourth-order valence-corrected chi connectivity index (χ4v) is 1.89. The maximum absolute atomic E-state index is 12.0. The van der Waals surface area contributed by atoms with Crippen molar-refractivity contribution in [3.8, 4) is 6.07 Å². The number of nitrogens with zero attached hydrogens (tertiary/aromatic N) is 2. The van der Waals surface area contributed by atoms with Gasteiger partial charge in [-0.2, -0.15) is 5.26 Å². The molecule has 15 heavy (non-hydrogen) atoms. The van der Waals surface area contributed by atoms with Crippen molar-refractivity contribution in [1.29, 1.82) is 5.26 Å². The Labute approximate surface area is 91.2 Å². The monoisotopic (exact) mass is 209 g/mol. The minimum atomic E-state index is 0.00954. The zero-order valence-electron chi connectivity index (χ0n) is 9.66. The second-order valence-corrected chi connectivity index (χ2v) is 4.40. The largest absolute Gasteiger partial charge is 0.342 e. The van der Waals surface area contributed by atoms with E-state index in [-0.39, 0.29) is 17.9 Å². The van der Waals surface area contributed by atoms with Crippen LogP contribution < -0.4 is 5.32 Å². The Balaban J connectivity index is 2.56. The molecule has 1 amide bonds. The summed E-state index contributed by atoms with van der Waals surface area (Å²) in [5, 5.41) is 11.8. The van der Waals surface area contributed by atoms with Crippen molar-refractivity contribution >= 4 is 5.91 Å². The van der Waals surface area contributed by atoms with Gasteiger partial charge in [-0.05, 0) is 19.4 Å². The molecule has 0 saturated carbocycles. The van der Waals surface area contributed by atoms with Crippen LogP contribution in [0.25, 0.3) is 0 Å². The highest BCUT2D eigenvalue weighted by Crippen LogP contribution is 2.19. The lowest BCUT2D eigenvalue weighted by Gasteiger charge is -2.27. The minimum Gasteiger partial charge on any atom is -0.342 e. The Hall–Kier alpha value is -1.08. The molecule has 0 aromatic heterocycles. The molecule has 4 heteroatoms. The highest BCUT2D eigenvalue weighted by Gasteiger charge is 2.32. The molecule has 3 atom stereocenters. The molecule has 0 aromatic rings. The fraction of sp³-hybridized carbons (Fsp3) is 0.818. The number of amides is 1. The summed E-state index contributed by atoms with van der Waals surface area (Å²) in [6.07, 6.45) is 0.400. The van der Waals surface area contributed by atoms with Crippen molar-refractivity contribution in [1.82, 2.24) is 10.2 Å². The Bertz CT molecular complexity index is 271. The summed E-state index contributed by atoms with van der Waals surface area (Å²) in [6, 6.07) is 2.11. The van der Waals surface area contributed by atoms with Gasteiger partial charge in [-0.25, -0.2) is 0 Å². The van der Waals surface area contributed by atoms with Crippen LogP contribution in [-0.2, 0) is 4.79 Å². The van der Waals surface area contributed by atoms with Crippen molar-refractivity contribution in [2.75, 3.05) is 20.1 Å². The van der Waals surface area contributed by atoms with Crippen LogP contribution in [0.1, 0.15) is 20.3 Å². The SMILES string of the molecule is CC1CNCC1C(=O)N(C)C(C)CC#N. The molecule has 84 valence electrons. The van der Waals surface area contributed by atoms with Crippen LogP contribution >= 0.6 is 0 Å². The molecule has 1 N–H and O–H groups in total. The van der Waals surface area contributed by atoms with Crippen molar-refractivity contribution in [2.45, 2.75) is 26.3 Å². The van der Waals surface area contributed by atoms with Crippen LogP contribution in [0.5, 0.6) is 0 Å². The summed E-state index contributed by atoms with van der Waals surface area (Å²) in [5.41, 5.74) is 0. The van der Waals surface area contributed by atoms with Crippen LogP contribution in [0.15, 0.2) is 0 Å². The maximum Gasteiger partial charge on any atom is 0.227 e. The molecule has 1 rings (SSSR count). The molecule has 1 aliphatic heterocycles. The number of rotatable bonds is 3. The lowest BCUT2D eigenvalue weighted by molar-refractivity contribution is -0.136. The molecule has 3 unspecified atom stereocenters. The molecule has 0 radical (unpaired) electrons. The zero-order chi connectivity index (χ0) is 11.4. The second-order valence-electron chi connectivity index (χ2n) is 4.40. The Morgan fingerprint density at radius 3 is 2.80 bits per heavy atom. The molecule has 0 bridgehead atoms. The fourth-order valence-electron chi connectivity index (χ4n) is 1.89. The second kappa shape index (κ2) is 5.13. The van der Waals surface area contributed by atoms with E-state index in [1.165, 1.54) is 0 Å². The maximum atomic E-state index is 12.0. The number of carbonyl (C=O) groups excluding carboxylic acids is 1. The Morgan fingerprint density at radius 1 is 1.67 bits per heavy atom. The van der Waals surface area contributed by atoms with E-state index in [0.717, 1.165) is 13.1 Å². The third-order valence-corrected chi connectivity index (χ3v) is 3.23. The first-order valence-corrected chi connectivity index (χ1v) is 5.42. The van der Waals surface area contributed by atoms with Crippen LogP contribution in [-0.4, -0.2) is 37.0 Å². The predicted molar refractivity (Wildman–Crippen MR) is 58.0 cm³/mol. The molecule has 1 saturated heterocycles. The topological polar surface area (TPSA) is 56.1 Å². The van der Waals surface area contributed by atoms with Gasteiger partial charge in [0.1, 0.15) is 0 Å². The molecule has 4 nitrogen and oxygen atoms in total. The highest BCUT2D eigenvalue weighted by atomic mass is 16.2. The zero-order valence-corrected chi connectivity index (χ0v) is 9.66. The van der Waals surface area contributed by atoms with E-state index >= 15 is 0 Å². The van der Waals surface area contributed by atoms with E-state index in [4.69, 9.17) is 5.26 Å². The Morgan fingerprint density at radius 2 is 2.33 bits per heavy atom. The number of hydrogen-bond donors (Lipinski definition) is 1. The summed E-state index contributed by atoms with van der Waals surface area (Å²) >= 11 is 0. The number of nitrogens with one attached hydrogen (secondary N) is 1. The van der Waals surface area contributed by atoms with Gasteiger partial charge in [0.25, 0.3) is 0 Å². The molecule has 0 spiro atoms. The van der Waals surface area contributed by atoms with Crippen LogP contribution in [0, 0.1) is 23.2 Å². The third-order valence-electron chi connectivity index (χ3n) is 3.23. The van der Waals surface area contributed by atoms with E-state index < -0.39 is 0 Å². The summed E-state index contributed by atoms with van der Waals surface area (Å²) in [5.74, 6) is 0.639. The van der Waals surface area contributed by atoms with Gasteiger partial charge in [0.05, 0.1) is 18.4 Å². The van der Waals surface area contributed by atoms with Gasteiger partial charge in [0.2, 0.25) is 5.91 Å². The van der Waals surface area contributed by atoms with Gasteiger partial charge in [-0.1, -0.05) is 6.92 Å². The first-order valence-electron chi connectivity index (χ1n) is 5.42. The van der Waals surface area contributed by atoms with E-state index in [1.54, 1.807) is 11.9 Å². The number of carbonyl (C=O) groups is 1. The van der Waals surface area contributed by atoms with Gasteiger partial charge >= 0.3 is 0 Å². The third kappa shape index (κ3) is 2.69. The molecule has 1 aliphatic rings. The van der Waals surface area contributed by atoms with Gasteiger partial charge in [-0.3, -0.25) is 4.79 Å². The normalized spacial score (nSPS) is 27.1. The van der Waals surface area contributed by atoms with Gasteiger partial charge in [0.15, 0.2) is 0 Å². The molecular weight excluding hydrogens is 190 g/mol. The lowest BCUT2D eigenvalue weighted by atomic mass is 9.96. The molecule has 1 heterocycles. The predicted octanol–water partition coefficient (Wildman–Crippen LogP) is 0.602. The molecule has 1 fully saturated rings. The average Bonchev–Trinajstić information content (AvgIpc) is 2.62. The van der Waals surface area contributed by atoms with E-state index in [2.05, 4.69) is 18.3 Å². The van der Waals surface area contributed by atoms with Gasteiger partial charge in [-0.15, -0.1) is 0 Å². The molecule has 0 aliphatic carbocycles. The summed E-state index contributed by atoms with van der Waals surface area (Å²) in [7, 11) is 1.79. The van der Waals surface area contributed by atoms with Crippen LogP contribution in [0.3, 0.4) is 0 Å². The quantitative estimate of drug-likeness (QED) is 0.740. The van der Waals surface area contributed by atoms with Crippen molar-refractivity contribution < 1.29 is 4.79 Å². The van der Waals surface area contributed by atoms with Crippen molar-refractivity contribution in [3.63, 3.8) is 0 Å². The van der Waals surface area contributed by atoms with Gasteiger partial charge in [0, 0.05) is 19.6 Å². The smallest absolute Gasteiger partial charge is 0.227 e. The average molecular weight is 209 g/mol. The summed E-state index contributed by atoms with van der Waals surface area (Å²) < 4.78 is 0. The van der Waals surface area contributed by atoms with Gasteiger partial charge < -0.3 is 10.2 Å². The van der Waals surface area contributed by atoms with Crippen molar-refractivity contribution in [2.24, 2.45) is 11.8 Å². The van der Waals surface area contributed by atoms with Crippen LogP contribution in [0.2, 0.25) is 0 Å². The lowest BCUT2D eigenvalue weighted by Crippen LogP contribution is -2.41. The number of hydrogen-bond acceptors (Lipinski definition) is 3. The summed E-state index contributed by atoms with van der Waals surface area (Å²) in [6.45, 7) is 5.68. The minimum absolute atomic E-state index is 0.00954. The molecule has 0 aromatic carbocycles. The standard InChI is InChI=1S/C11H19N3O/c1-8-6-13-7-10(8)11(15)14(3)9(2)4-5-12/h8-10,13H,4,6-7H2,1-3H3. The van der Waals surface area contributed by atoms with E-state index in [9.17, 15) is 4.79 Å².